The summed E-state index contributed by atoms with van der Waals surface area (Å²) in [6, 6.07) is 57.6. The molecule has 0 atom stereocenters. The van der Waals surface area contributed by atoms with Gasteiger partial charge in [-0.2, -0.15) is 0 Å². The molecule has 2 heteroatoms. The van der Waals surface area contributed by atoms with Crippen LogP contribution in [0.1, 0.15) is 11.1 Å². The maximum atomic E-state index is 2.48. The monoisotopic (exact) mass is 588 g/mol. The number of benzene rings is 7. The van der Waals surface area contributed by atoms with Crippen molar-refractivity contribution in [1.29, 1.82) is 0 Å². The van der Waals surface area contributed by atoms with E-state index < -0.39 is 0 Å². The van der Waals surface area contributed by atoms with Crippen LogP contribution in [0.15, 0.2) is 158 Å². The molecule has 0 fully saturated rings. The van der Waals surface area contributed by atoms with Gasteiger partial charge in [0.1, 0.15) is 0 Å². The lowest BCUT2D eigenvalue weighted by Crippen LogP contribution is -2.01. The van der Waals surface area contributed by atoms with Gasteiger partial charge in [0.25, 0.3) is 0 Å². The highest BCUT2D eigenvalue weighted by molar-refractivity contribution is 6.16. The number of para-hydroxylation sites is 4. The topological polar surface area (TPSA) is 9.86 Å². The van der Waals surface area contributed by atoms with E-state index in [1.165, 1.54) is 82.7 Å². The molecule has 0 saturated heterocycles. The molecular weight excluding hydrogens is 556 g/mol. The summed E-state index contributed by atoms with van der Waals surface area (Å²) in [6.45, 7) is 4.41. The number of aryl methyl sites for hydroxylation is 2. The summed E-state index contributed by atoms with van der Waals surface area (Å²) >= 11 is 0. The molecule has 2 heterocycles. The first kappa shape index (κ1) is 26.5. The Morgan fingerprint density at radius 2 is 0.913 bits per heavy atom. The molecule has 0 aliphatic carbocycles. The number of aromatic nitrogens is 2. The minimum absolute atomic E-state index is 1.15. The zero-order valence-electron chi connectivity index (χ0n) is 25.9. The minimum Gasteiger partial charge on any atom is -0.307 e. The van der Waals surface area contributed by atoms with E-state index in [1.54, 1.807) is 0 Å². The van der Waals surface area contributed by atoms with Crippen LogP contribution in [0.5, 0.6) is 0 Å². The number of nitrogens with zero attached hydrogens (tertiary/aromatic N) is 2. The Balaban J connectivity index is 1.45. The van der Waals surface area contributed by atoms with E-state index >= 15 is 0 Å². The van der Waals surface area contributed by atoms with Gasteiger partial charge in [0, 0.05) is 27.2 Å². The number of fused-ring (bicyclic) bond motifs is 6. The molecule has 218 valence electrons. The van der Waals surface area contributed by atoms with Gasteiger partial charge in [-0.3, -0.25) is 0 Å². The van der Waals surface area contributed by atoms with Gasteiger partial charge >= 0.3 is 0 Å². The van der Waals surface area contributed by atoms with Gasteiger partial charge in [-0.05, 0) is 95.8 Å². The number of hydrogen-bond acceptors (Lipinski definition) is 0. The molecule has 0 N–H and O–H groups in total. The van der Waals surface area contributed by atoms with Crippen molar-refractivity contribution in [1.82, 2.24) is 9.13 Å². The SMILES string of the molecule is Cc1ccccc1-c1cc(-c2cc(-n3c4ccccc4c4ccccc43)c3c(c2)c2ccccc2n3-c2ccccc2)ccc1C. The Bertz CT molecular complexity index is 2550. The quantitative estimate of drug-likeness (QED) is 0.194. The molecule has 9 rings (SSSR count). The number of hydrogen-bond donors (Lipinski definition) is 0. The normalized spacial score (nSPS) is 11.7. The predicted octanol–water partition coefficient (Wildman–Crippen LogP) is 11.8. The van der Waals surface area contributed by atoms with Crippen molar-refractivity contribution in [3.8, 4) is 33.6 Å². The molecule has 7 aromatic carbocycles. The fourth-order valence-electron chi connectivity index (χ4n) is 7.41. The van der Waals surface area contributed by atoms with Crippen LogP contribution >= 0.6 is 0 Å². The average molecular weight is 589 g/mol. The van der Waals surface area contributed by atoms with Crippen LogP contribution in [0.25, 0.3) is 77.2 Å². The van der Waals surface area contributed by atoms with E-state index in [4.69, 9.17) is 0 Å². The lowest BCUT2D eigenvalue weighted by atomic mass is 9.92. The molecule has 0 unspecified atom stereocenters. The van der Waals surface area contributed by atoms with Crippen LogP contribution in [0.3, 0.4) is 0 Å². The summed E-state index contributed by atoms with van der Waals surface area (Å²) in [5, 5.41) is 5.01. The third kappa shape index (κ3) is 3.97. The maximum Gasteiger partial charge on any atom is 0.0782 e. The Labute approximate surface area is 268 Å². The molecule has 0 aliphatic rings. The highest BCUT2D eigenvalue weighted by Crippen LogP contribution is 2.42. The molecule has 0 bridgehead atoms. The highest BCUT2D eigenvalue weighted by Gasteiger charge is 2.21. The Morgan fingerprint density at radius 1 is 0.370 bits per heavy atom. The zero-order chi connectivity index (χ0) is 30.8. The Hall–Kier alpha value is -5.86. The Kier molecular flexibility index (Phi) is 5.97. The Morgan fingerprint density at radius 3 is 1.59 bits per heavy atom. The molecule has 46 heavy (non-hydrogen) atoms. The lowest BCUT2D eigenvalue weighted by Gasteiger charge is -2.17. The average Bonchev–Trinajstić information content (AvgIpc) is 3.62. The van der Waals surface area contributed by atoms with Crippen LogP contribution in [0.2, 0.25) is 0 Å². The van der Waals surface area contributed by atoms with Gasteiger partial charge in [0.05, 0.1) is 27.8 Å². The van der Waals surface area contributed by atoms with E-state index in [2.05, 4.69) is 181 Å². The second kappa shape index (κ2) is 10.4. The predicted molar refractivity (Wildman–Crippen MR) is 195 cm³/mol. The van der Waals surface area contributed by atoms with E-state index in [9.17, 15) is 0 Å². The number of rotatable bonds is 4. The fourth-order valence-corrected chi connectivity index (χ4v) is 7.41. The highest BCUT2D eigenvalue weighted by atomic mass is 15.1. The van der Waals surface area contributed by atoms with Gasteiger partial charge in [0.2, 0.25) is 0 Å². The molecule has 0 spiro atoms. The summed E-state index contributed by atoms with van der Waals surface area (Å²) in [4.78, 5) is 0. The lowest BCUT2D eigenvalue weighted by molar-refractivity contribution is 1.13. The van der Waals surface area contributed by atoms with E-state index in [0.717, 1.165) is 5.69 Å². The van der Waals surface area contributed by atoms with Crippen molar-refractivity contribution >= 4 is 43.6 Å². The van der Waals surface area contributed by atoms with Gasteiger partial charge in [-0.25, -0.2) is 0 Å². The minimum atomic E-state index is 1.15. The maximum absolute atomic E-state index is 2.48. The molecule has 0 amide bonds. The van der Waals surface area contributed by atoms with Crippen molar-refractivity contribution in [2.24, 2.45) is 0 Å². The fraction of sp³-hybridized carbons (Fsp3) is 0.0455. The summed E-state index contributed by atoms with van der Waals surface area (Å²) < 4.78 is 4.92. The molecule has 0 saturated carbocycles. The summed E-state index contributed by atoms with van der Waals surface area (Å²) in [5.41, 5.74) is 14.7. The largest absolute Gasteiger partial charge is 0.307 e. The first-order valence-electron chi connectivity index (χ1n) is 16.0. The third-order valence-electron chi connectivity index (χ3n) is 9.59. The van der Waals surface area contributed by atoms with Crippen LogP contribution in [0.4, 0.5) is 0 Å². The molecule has 9 aromatic rings. The van der Waals surface area contributed by atoms with Crippen LogP contribution in [-0.2, 0) is 0 Å². The summed E-state index contributed by atoms with van der Waals surface area (Å²) in [5.74, 6) is 0. The smallest absolute Gasteiger partial charge is 0.0782 e. The standard InChI is InChI=1S/C44H32N2/c1-29-14-6-7-17-34(29)38-26-31(25-24-30(38)2)32-27-39-37-20-10-11-21-40(37)45(33-15-4-3-5-16-33)44(39)43(28-32)46-41-22-12-8-18-35(41)36-19-9-13-23-42(36)46/h3-28H,1-2H3. The van der Waals surface area contributed by atoms with Gasteiger partial charge in [-0.15, -0.1) is 0 Å². The van der Waals surface area contributed by atoms with Crippen molar-refractivity contribution in [2.45, 2.75) is 13.8 Å². The van der Waals surface area contributed by atoms with Gasteiger partial charge in [0.15, 0.2) is 0 Å². The summed E-state index contributed by atoms with van der Waals surface area (Å²) in [6.07, 6.45) is 0. The first-order valence-corrected chi connectivity index (χ1v) is 16.0. The van der Waals surface area contributed by atoms with Crippen molar-refractivity contribution in [3.63, 3.8) is 0 Å². The second-order valence-corrected chi connectivity index (χ2v) is 12.3. The van der Waals surface area contributed by atoms with Crippen LogP contribution in [-0.4, -0.2) is 9.13 Å². The van der Waals surface area contributed by atoms with Gasteiger partial charge in [-0.1, -0.05) is 109 Å². The molecule has 2 aromatic heterocycles. The summed E-state index contributed by atoms with van der Waals surface area (Å²) in [7, 11) is 0. The zero-order valence-corrected chi connectivity index (χ0v) is 25.9. The third-order valence-corrected chi connectivity index (χ3v) is 9.59. The van der Waals surface area contributed by atoms with Gasteiger partial charge < -0.3 is 9.13 Å². The van der Waals surface area contributed by atoms with Crippen LogP contribution in [0, 0.1) is 13.8 Å². The molecule has 0 radical (unpaired) electrons. The van der Waals surface area contributed by atoms with Crippen molar-refractivity contribution < 1.29 is 0 Å². The molecule has 2 nitrogen and oxygen atoms in total. The van der Waals surface area contributed by atoms with E-state index in [1.807, 2.05) is 0 Å². The van der Waals surface area contributed by atoms with Crippen molar-refractivity contribution in [3.05, 3.63) is 169 Å². The van der Waals surface area contributed by atoms with E-state index in [-0.39, 0.29) is 0 Å². The molecule has 0 aliphatic heterocycles. The van der Waals surface area contributed by atoms with E-state index in [0.29, 0.717) is 0 Å². The van der Waals surface area contributed by atoms with Crippen LogP contribution < -0.4 is 0 Å². The second-order valence-electron chi connectivity index (χ2n) is 12.3. The molecular formula is C44H32N2. The van der Waals surface area contributed by atoms with Crippen molar-refractivity contribution in [2.75, 3.05) is 0 Å². The first-order chi connectivity index (χ1) is 22.7.